The first-order chi connectivity index (χ1) is 14.3. The quantitative estimate of drug-likeness (QED) is 0.260. The summed E-state index contributed by atoms with van der Waals surface area (Å²) < 4.78 is 9.17. The average molecular weight is 596 g/mol. The molecule has 164 valence electrons. The van der Waals surface area contributed by atoms with Gasteiger partial charge in [0, 0.05) is 9.89 Å². The predicted octanol–water partition coefficient (Wildman–Crippen LogP) is 6.37. The van der Waals surface area contributed by atoms with Crippen LogP contribution in [0.25, 0.3) is 10.9 Å². The second-order valence-electron chi connectivity index (χ2n) is 9.75. The van der Waals surface area contributed by atoms with Crippen molar-refractivity contribution in [3.05, 3.63) is 66.2 Å². The Labute approximate surface area is 205 Å². The topological polar surface area (TPSA) is 56.5 Å². The summed E-state index contributed by atoms with van der Waals surface area (Å²) in [4.78, 5) is 18.0. The third kappa shape index (κ3) is 5.94. The number of rotatable bonds is 4. The van der Waals surface area contributed by atoms with Gasteiger partial charge in [0.15, 0.2) is 0 Å². The number of hydrogen-bond donors (Lipinski definition) is 0. The molecular formula is C24H27BrIN3O2. The Morgan fingerprint density at radius 1 is 1.13 bits per heavy atom. The largest absolute Gasteiger partial charge is 0.492 e. The van der Waals surface area contributed by atoms with Gasteiger partial charge >= 0.3 is 0 Å². The molecule has 3 rings (SSSR count). The number of halogens is 2. The summed E-state index contributed by atoms with van der Waals surface area (Å²) in [6, 6.07) is 11.4. The van der Waals surface area contributed by atoms with Gasteiger partial charge in [-0.25, -0.2) is 4.98 Å². The molecule has 1 heterocycles. The highest BCUT2D eigenvalue weighted by Gasteiger charge is 2.23. The van der Waals surface area contributed by atoms with Crippen molar-refractivity contribution in [1.82, 2.24) is 9.66 Å². The average Bonchev–Trinajstić information content (AvgIpc) is 2.65. The molecule has 0 radical (unpaired) electrons. The maximum Gasteiger partial charge on any atom is 0.282 e. The molecule has 0 atom stereocenters. The summed E-state index contributed by atoms with van der Waals surface area (Å²) in [7, 11) is 0. The van der Waals surface area contributed by atoms with Gasteiger partial charge in [-0.1, -0.05) is 57.5 Å². The lowest BCUT2D eigenvalue weighted by molar-refractivity contribution is 0.196. The minimum atomic E-state index is -0.350. The molecule has 0 unspecified atom stereocenters. The lowest BCUT2D eigenvalue weighted by atomic mass is 9.95. The number of aromatic nitrogens is 2. The molecule has 0 N–H and O–H groups in total. The lowest BCUT2D eigenvalue weighted by Gasteiger charge is -2.21. The van der Waals surface area contributed by atoms with E-state index in [1.54, 1.807) is 12.3 Å². The second kappa shape index (κ2) is 9.02. The molecule has 3 aromatic rings. The highest BCUT2D eigenvalue weighted by Crippen LogP contribution is 2.25. The van der Waals surface area contributed by atoms with E-state index in [9.17, 15) is 4.79 Å². The van der Waals surface area contributed by atoms with Gasteiger partial charge in [0.25, 0.3) is 5.56 Å². The van der Waals surface area contributed by atoms with E-state index in [1.807, 2.05) is 51.1 Å². The lowest BCUT2D eigenvalue weighted by Crippen LogP contribution is -2.29. The maximum absolute atomic E-state index is 13.2. The molecule has 0 saturated carbocycles. The third-order valence-corrected chi connectivity index (χ3v) is 5.75. The monoisotopic (exact) mass is 595 g/mol. The van der Waals surface area contributed by atoms with Gasteiger partial charge in [-0.3, -0.25) is 4.79 Å². The summed E-state index contributed by atoms with van der Waals surface area (Å²) in [6.45, 7) is 13.1. The molecule has 0 saturated heterocycles. The molecule has 0 spiro atoms. The highest BCUT2D eigenvalue weighted by molar-refractivity contribution is 14.1. The second-order valence-corrected chi connectivity index (χ2v) is 11.8. The van der Waals surface area contributed by atoms with Gasteiger partial charge in [0.05, 0.1) is 27.3 Å². The van der Waals surface area contributed by atoms with E-state index in [0.717, 1.165) is 19.4 Å². The van der Waals surface area contributed by atoms with Gasteiger partial charge < -0.3 is 4.74 Å². The molecule has 0 amide bonds. The number of hydrogen-bond acceptors (Lipinski definition) is 4. The number of fused-ring (bicyclic) bond motifs is 1. The molecule has 0 aliphatic heterocycles. The van der Waals surface area contributed by atoms with Crippen LogP contribution < -0.4 is 10.3 Å². The summed E-state index contributed by atoms with van der Waals surface area (Å²) >= 11 is 5.70. The van der Waals surface area contributed by atoms with Crippen LogP contribution in [0.2, 0.25) is 0 Å². The van der Waals surface area contributed by atoms with Gasteiger partial charge in [-0.05, 0) is 70.0 Å². The fourth-order valence-electron chi connectivity index (χ4n) is 2.87. The SMILES string of the molecule is CC(C)(C)COc1ccc(C=Nn2c(C(C)(C)C)nc3ccc(Br)cc3c2=O)cc1I. The Balaban J connectivity index is 2.01. The normalized spacial score (nSPS) is 12.6. The predicted molar refractivity (Wildman–Crippen MR) is 140 cm³/mol. The van der Waals surface area contributed by atoms with Crippen molar-refractivity contribution in [2.24, 2.45) is 10.5 Å². The number of nitrogens with zero attached hydrogens (tertiary/aromatic N) is 3. The van der Waals surface area contributed by atoms with Crippen LogP contribution in [0, 0.1) is 8.99 Å². The molecule has 31 heavy (non-hydrogen) atoms. The van der Waals surface area contributed by atoms with Crippen molar-refractivity contribution in [3.63, 3.8) is 0 Å². The van der Waals surface area contributed by atoms with Crippen LogP contribution in [-0.4, -0.2) is 22.5 Å². The first-order valence-electron chi connectivity index (χ1n) is 10.0. The highest BCUT2D eigenvalue weighted by atomic mass is 127. The zero-order valence-corrected chi connectivity index (χ0v) is 22.4. The van der Waals surface area contributed by atoms with Gasteiger partial charge in [0.1, 0.15) is 11.6 Å². The van der Waals surface area contributed by atoms with E-state index in [0.29, 0.717) is 23.3 Å². The zero-order valence-electron chi connectivity index (χ0n) is 18.7. The first-order valence-corrected chi connectivity index (χ1v) is 11.9. The van der Waals surface area contributed by atoms with Crippen molar-refractivity contribution >= 4 is 55.6 Å². The van der Waals surface area contributed by atoms with Crippen LogP contribution >= 0.6 is 38.5 Å². The molecule has 0 bridgehead atoms. The zero-order chi connectivity index (χ0) is 23.0. The van der Waals surface area contributed by atoms with Gasteiger partial charge in [-0.2, -0.15) is 9.78 Å². The Morgan fingerprint density at radius 2 is 1.84 bits per heavy atom. The summed E-state index contributed by atoms with van der Waals surface area (Å²) in [5, 5.41) is 5.06. The van der Waals surface area contributed by atoms with Crippen LogP contribution in [0.3, 0.4) is 0 Å². The van der Waals surface area contributed by atoms with E-state index in [4.69, 9.17) is 9.72 Å². The van der Waals surface area contributed by atoms with Crippen LogP contribution in [0.4, 0.5) is 0 Å². The molecular weight excluding hydrogens is 569 g/mol. The summed E-state index contributed by atoms with van der Waals surface area (Å²) in [5.41, 5.74) is 1.10. The summed E-state index contributed by atoms with van der Waals surface area (Å²) in [6.07, 6.45) is 1.69. The van der Waals surface area contributed by atoms with Gasteiger partial charge in [0.2, 0.25) is 0 Å². The van der Waals surface area contributed by atoms with E-state index in [-0.39, 0.29) is 16.4 Å². The van der Waals surface area contributed by atoms with Crippen molar-refractivity contribution in [1.29, 1.82) is 0 Å². The minimum absolute atomic E-state index is 0.0891. The number of benzene rings is 2. The molecule has 0 fully saturated rings. The van der Waals surface area contributed by atoms with Crippen LogP contribution in [0.15, 0.2) is 50.8 Å². The maximum atomic E-state index is 13.2. The van der Waals surface area contributed by atoms with E-state index in [2.05, 4.69) is 64.4 Å². The Morgan fingerprint density at radius 3 is 2.45 bits per heavy atom. The molecule has 0 aliphatic carbocycles. The molecule has 1 aromatic heterocycles. The molecule has 0 aliphatic rings. The number of ether oxygens (including phenoxy) is 1. The Bertz CT molecular complexity index is 1200. The molecule has 5 nitrogen and oxygen atoms in total. The van der Waals surface area contributed by atoms with Crippen LogP contribution in [0.5, 0.6) is 5.75 Å². The minimum Gasteiger partial charge on any atom is -0.492 e. The fourth-order valence-corrected chi connectivity index (χ4v) is 3.93. The summed E-state index contributed by atoms with van der Waals surface area (Å²) in [5.74, 6) is 1.46. The Kier molecular flexibility index (Phi) is 6.96. The first kappa shape index (κ1) is 23.9. The van der Waals surface area contributed by atoms with Gasteiger partial charge in [-0.15, -0.1) is 0 Å². The van der Waals surface area contributed by atoms with Crippen LogP contribution in [0.1, 0.15) is 52.9 Å². The Hall–Kier alpha value is -1.74. The van der Waals surface area contributed by atoms with Crippen LogP contribution in [-0.2, 0) is 5.41 Å². The standard InChI is InChI=1S/C24H27BrIN3O2/c1-23(2,3)14-31-20-10-7-15(11-18(20)26)13-27-29-21(30)17-12-16(25)8-9-19(17)28-22(29)24(4,5)6/h7-13H,14H2,1-6H3. The van der Waals surface area contributed by atoms with E-state index < -0.39 is 0 Å². The third-order valence-electron chi connectivity index (χ3n) is 4.42. The smallest absolute Gasteiger partial charge is 0.282 e. The van der Waals surface area contributed by atoms with Crippen molar-refractivity contribution in [3.8, 4) is 5.75 Å². The van der Waals surface area contributed by atoms with Crippen molar-refractivity contribution in [2.75, 3.05) is 6.61 Å². The van der Waals surface area contributed by atoms with E-state index in [1.165, 1.54) is 4.68 Å². The molecule has 2 aromatic carbocycles. The van der Waals surface area contributed by atoms with Crippen molar-refractivity contribution in [2.45, 2.75) is 47.0 Å². The fraction of sp³-hybridized carbons (Fsp3) is 0.375. The van der Waals surface area contributed by atoms with Crippen molar-refractivity contribution < 1.29 is 4.74 Å². The van der Waals surface area contributed by atoms with E-state index >= 15 is 0 Å². The molecule has 7 heteroatoms.